The van der Waals surface area contributed by atoms with E-state index in [0.29, 0.717) is 24.4 Å². The molecule has 1 aliphatic rings. The van der Waals surface area contributed by atoms with E-state index >= 15 is 0 Å². The molecule has 1 rings (SSSR count). The van der Waals surface area contributed by atoms with Crippen molar-refractivity contribution in [3.63, 3.8) is 0 Å². The molecule has 3 unspecified atom stereocenters. The van der Waals surface area contributed by atoms with Crippen LogP contribution >= 0.6 is 0 Å². The maximum atomic E-state index is 11.0. The average Bonchev–Trinajstić information content (AvgIpc) is 2.30. The van der Waals surface area contributed by atoms with Crippen LogP contribution in [0.4, 0.5) is 0 Å². The van der Waals surface area contributed by atoms with E-state index in [9.17, 15) is 4.79 Å². The standard InChI is InChI=1S/C13H26N2O2/c1-10-9-15(3)11(2)8-12(10)14-7-5-6-13(16)17-4/h10-12,14H,5-9H2,1-4H3. The molecule has 17 heavy (non-hydrogen) atoms. The van der Waals surface area contributed by atoms with Gasteiger partial charge in [0.1, 0.15) is 0 Å². The summed E-state index contributed by atoms with van der Waals surface area (Å²) in [5.74, 6) is 0.561. The molecule has 100 valence electrons. The molecule has 0 aliphatic carbocycles. The minimum atomic E-state index is -0.114. The van der Waals surface area contributed by atoms with Gasteiger partial charge in [-0.1, -0.05) is 6.92 Å². The Labute approximate surface area is 105 Å². The lowest BCUT2D eigenvalue weighted by Crippen LogP contribution is -2.51. The SMILES string of the molecule is COC(=O)CCCNC1CC(C)N(C)CC1C. The molecule has 3 atom stereocenters. The van der Waals surface area contributed by atoms with Crippen LogP contribution in [0.1, 0.15) is 33.1 Å². The Morgan fingerprint density at radius 3 is 2.82 bits per heavy atom. The zero-order chi connectivity index (χ0) is 12.8. The van der Waals surface area contributed by atoms with Gasteiger partial charge in [-0.25, -0.2) is 0 Å². The summed E-state index contributed by atoms with van der Waals surface area (Å²) in [6.07, 6.45) is 2.57. The Bertz CT molecular complexity index is 246. The van der Waals surface area contributed by atoms with Gasteiger partial charge in [0.25, 0.3) is 0 Å². The zero-order valence-electron chi connectivity index (χ0n) is 11.5. The fourth-order valence-corrected chi connectivity index (χ4v) is 2.45. The Morgan fingerprint density at radius 1 is 1.47 bits per heavy atom. The molecule has 1 N–H and O–H groups in total. The topological polar surface area (TPSA) is 41.6 Å². The van der Waals surface area contributed by atoms with Gasteiger partial charge in [0.05, 0.1) is 7.11 Å². The van der Waals surface area contributed by atoms with Crippen molar-refractivity contribution in [2.75, 3.05) is 27.2 Å². The first-order valence-corrected chi connectivity index (χ1v) is 6.55. The molecule has 0 spiro atoms. The van der Waals surface area contributed by atoms with E-state index in [0.717, 1.165) is 19.5 Å². The van der Waals surface area contributed by atoms with Gasteiger partial charge in [0.2, 0.25) is 0 Å². The highest BCUT2D eigenvalue weighted by Crippen LogP contribution is 2.20. The molecule has 1 saturated heterocycles. The van der Waals surface area contributed by atoms with Crippen molar-refractivity contribution in [3.05, 3.63) is 0 Å². The number of hydrogen-bond donors (Lipinski definition) is 1. The summed E-state index contributed by atoms with van der Waals surface area (Å²) in [7, 11) is 3.63. The van der Waals surface area contributed by atoms with Crippen LogP contribution < -0.4 is 5.32 Å². The summed E-state index contributed by atoms with van der Waals surface area (Å²) >= 11 is 0. The molecule has 0 aromatic carbocycles. The van der Waals surface area contributed by atoms with Crippen molar-refractivity contribution < 1.29 is 9.53 Å². The Hall–Kier alpha value is -0.610. The number of likely N-dealkylation sites (tertiary alicyclic amines) is 1. The van der Waals surface area contributed by atoms with Gasteiger partial charge >= 0.3 is 5.97 Å². The molecular weight excluding hydrogens is 216 g/mol. The Kier molecular flexibility index (Phi) is 5.92. The monoisotopic (exact) mass is 242 g/mol. The predicted octanol–water partition coefficient (Wildman–Crippen LogP) is 1.26. The van der Waals surface area contributed by atoms with Gasteiger partial charge in [-0.05, 0) is 39.3 Å². The normalized spacial score (nSPS) is 30.2. The third kappa shape index (κ3) is 4.64. The first kappa shape index (κ1) is 14.5. The lowest BCUT2D eigenvalue weighted by Gasteiger charge is -2.40. The molecule has 0 saturated carbocycles. The van der Waals surface area contributed by atoms with Crippen LogP contribution in [0.25, 0.3) is 0 Å². The van der Waals surface area contributed by atoms with E-state index in [1.54, 1.807) is 0 Å². The minimum Gasteiger partial charge on any atom is -0.469 e. The van der Waals surface area contributed by atoms with Crippen molar-refractivity contribution >= 4 is 5.97 Å². The molecule has 1 fully saturated rings. The van der Waals surface area contributed by atoms with Gasteiger partial charge in [0, 0.05) is 25.0 Å². The highest BCUT2D eigenvalue weighted by molar-refractivity contribution is 5.69. The second kappa shape index (κ2) is 6.97. The number of rotatable bonds is 5. The molecule has 0 bridgehead atoms. The number of hydrogen-bond acceptors (Lipinski definition) is 4. The van der Waals surface area contributed by atoms with Gasteiger partial charge < -0.3 is 15.0 Å². The third-order valence-corrected chi connectivity index (χ3v) is 3.80. The Balaban J connectivity index is 2.20. The second-order valence-electron chi connectivity index (χ2n) is 5.24. The fourth-order valence-electron chi connectivity index (χ4n) is 2.45. The van der Waals surface area contributed by atoms with E-state index in [2.05, 4.69) is 35.8 Å². The lowest BCUT2D eigenvalue weighted by atomic mass is 9.90. The van der Waals surface area contributed by atoms with Gasteiger partial charge in [-0.3, -0.25) is 4.79 Å². The van der Waals surface area contributed by atoms with Crippen LogP contribution in [0.3, 0.4) is 0 Å². The van der Waals surface area contributed by atoms with Crippen LogP contribution in [-0.4, -0.2) is 50.2 Å². The fraction of sp³-hybridized carbons (Fsp3) is 0.923. The van der Waals surface area contributed by atoms with Crippen LogP contribution in [0.15, 0.2) is 0 Å². The van der Waals surface area contributed by atoms with Crippen LogP contribution in [0, 0.1) is 5.92 Å². The predicted molar refractivity (Wildman–Crippen MR) is 68.9 cm³/mol. The summed E-state index contributed by atoms with van der Waals surface area (Å²) in [6, 6.07) is 1.23. The quantitative estimate of drug-likeness (QED) is 0.582. The molecule has 1 heterocycles. The van der Waals surface area contributed by atoms with E-state index in [4.69, 9.17) is 0 Å². The van der Waals surface area contributed by atoms with Gasteiger partial charge in [0.15, 0.2) is 0 Å². The Morgan fingerprint density at radius 2 is 2.18 bits per heavy atom. The first-order chi connectivity index (χ1) is 8.04. The van der Waals surface area contributed by atoms with Crippen LogP contribution in [0.2, 0.25) is 0 Å². The summed E-state index contributed by atoms with van der Waals surface area (Å²) in [4.78, 5) is 13.4. The maximum Gasteiger partial charge on any atom is 0.305 e. The largest absolute Gasteiger partial charge is 0.469 e. The molecule has 4 nitrogen and oxygen atoms in total. The summed E-state index contributed by atoms with van der Waals surface area (Å²) < 4.78 is 4.62. The summed E-state index contributed by atoms with van der Waals surface area (Å²) in [5.41, 5.74) is 0. The number of piperidine rings is 1. The number of nitrogens with zero attached hydrogens (tertiary/aromatic N) is 1. The summed E-state index contributed by atoms with van der Waals surface area (Å²) in [5, 5.41) is 3.57. The molecule has 1 aliphatic heterocycles. The highest BCUT2D eigenvalue weighted by Gasteiger charge is 2.28. The number of nitrogens with one attached hydrogen (secondary N) is 1. The minimum absolute atomic E-state index is 0.114. The van der Waals surface area contributed by atoms with E-state index in [1.807, 2.05) is 0 Å². The maximum absolute atomic E-state index is 11.0. The number of carbonyl (C=O) groups is 1. The van der Waals surface area contributed by atoms with Crippen molar-refractivity contribution in [2.45, 2.75) is 45.2 Å². The van der Waals surface area contributed by atoms with Crippen LogP contribution in [-0.2, 0) is 9.53 Å². The van der Waals surface area contributed by atoms with Crippen LogP contribution in [0.5, 0.6) is 0 Å². The molecule has 0 radical (unpaired) electrons. The van der Waals surface area contributed by atoms with Crippen molar-refractivity contribution in [2.24, 2.45) is 5.92 Å². The third-order valence-electron chi connectivity index (χ3n) is 3.80. The molecular formula is C13H26N2O2. The van der Waals surface area contributed by atoms with E-state index in [1.165, 1.54) is 13.5 Å². The van der Waals surface area contributed by atoms with E-state index < -0.39 is 0 Å². The number of ether oxygens (including phenoxy) is 1. The summed E-state index contributed by atoms with van der Waals surface area (Å²) in [6.45, 7) is 6.62. The smallest absolute Gasteiger partial charge is 0.305 e. The molecule has 0 aromatic rings. The lowest BCUT2D eigenvalue weighted by molar-refractivity contribution is -0.140. The van der Waals surface area contributed by atoms with Crippen molar-refractivity contribution in [3.8, 4) is 0 Å². The number of esters is 1. The molecule has 0 aromatic heterocycles. The number of methoxy groups -OCH3 is 1. The average molecular weight is 242 g/mol. The van der Waals surface area contributed by atoms with Gasteiger partial charge in [-0.2, -0.15) is 0 Å². The van der Waals surface area contributed by atoms with Gasteiger partial charge in [-0.15, -0.1) is 0 Å². The molecule has 0 amide bonds. The van der Waals surface area contributed by atoms with Crippen molar-refractivity contribution in [1.82, 2.24) is 10.2 Å². The second-order valence-corrected chi connectivity index (χ2v) is 5.24. The van der Waals surface area contributed by atoms with Crippen molar-refractivity contribution in [1.29, 1.82) is 0 Å². The number of carbonyl (C=O) groups excluding carboxylic acids is 1. The molecule has 4 heteroatoms. The highest BCUT2D eigenvalue weighted by atomic mass is 16.5. The first-order valence-electron chi connectivity index (χ1n) is 6.55. The zero-order valence-corrected chi connectivity index (χ0v) is 11.5. The van der Waals surface area contributed by atoms with E-state index in [-0.39, 0.29) is 5.97 Å².